The van der Waals surface area contributed by atoms with E-state index in [9.17, 15) is 4.79 Å². The minimum absolute atomic E-state index is 0.0427. The Morgan fingerprint density at radius 1 is 1.03 bits per heavy atom. The van der Waals surface area contributed by atoms with Crippen molar-refractivity contribution in [3.63, 3.8) is 0 Å². The largest absolute Gasteiger partial charge is 0.444 e. The summed E-state index contributed by atoms with van der Waals surface area (Å²) >= 11 is 0. The fourth-order valence-electron chi connectivity index (χ4n) is 4.20. The van der Waals surface area contributed by atoms with Crippen LogP contribution in [0.1, 0.15) is 66.2 Å². The summed E-state index contributed by atoms with van der Waals surface area (Å²) in [6.45, 7) is 15.0. The molecule has 0 N–H and O–H groups in total. The third-order valence-corrected chi connectivity index (χ3v) is 6.16. The zero-order valence-electron chi connectivity index (χ0n) is 20.5. The van der Waals surface area contributed by atoms with Crippen molar-refractivity contribution in [1.82, 2.24) is 24.6 Å². The number of hydrogen-bond donors (Lipinski definition) is 0. The van der Waals surface area contributed by atoms with Gasteiger partial charge in [-0.2, -0.15) is 5.10 Å². The maximum atomic E-state index is 13.1. The molecule has 176 valence electrons. The average molecular weight is 450 g/mol. The third kappa shape index (κ3) is 5.71. The molecule has 1 aromatic carbocycles. The predicted molar refractivity (Wildman–Crippen MR) is 128 cm³/mol. The van der Waals surface area contributed by atoms with Gasteiger partial charge in [0.1, 0.15) is 5.76 Å². The van der Waals surface area contributed by atoms with Gasteiger partial charge in [-0.05, 0) is 44.0 Å². The average Bonchev–Trinajstić information content (AvgIpc) is 3.27. The molecule has 1 aliphatic heterocycles. The number of nitrogens with zero attached hydrogens (tertiary/aromatic N) is 5. The lowest BCUT2D eigenvalue weighted by atomic mass is 9.94. The molecule has 1 saturated heterocycles. The molecule has 7 nitrogen and oxygen atoms in total. The fraction of sp³-hybridized carbons (Fsp3) is 0.500. The molecule has 3 heterocycles. The van der Waals surface area contributed by atoms with Crippen molar-refractivity contribution in [1.29, 1.82) is 0 Å². The first-order valence-electron chi connectivity index (χ1n) is 11.8. The van der Waals surface area contributed by atoms with Crippen molar-refractivity contribution in [3.8, 4) is 0 Å². The number of rotatable bonds is 5. The Bertz CT molecular complexity index is 1090. The number of hydrogen-bond acceptors (Lipinski definition) is 5. The summed E-state index contributed by atoms with van der Waals surface area (Å²) in [5.41, 5.74) is 4.00. The van der Waals surface area contributed by atoms with Crippen LogP contribution in [-0.4, -0.2) is 56.7 Å². The summed E-state index contributed by atoms with van der Waals surface area (Å²) in [6.07, 6.45) is 2.77. The number of carbonyl (C=O) groups is 1. The molecular formula is C26H35N5O2. The first-order chi connectivity index (χ1) is 15.7. The number of aryl methyl sites for hydroxylation is 2. The summed E-state index contributed by atoms with van der Waals surface area (Å²) in [5, 5.41) is 4.52. The highest BCUT2D eigenvalue weighted by Crippen LogP contribution is 2.23. The standard InChI is InChI=1S/C26H35N5O2/c1-19-15-20(2)31(28-19)17-21-7-9-22(10-8-21)25(32)30-12-6-11-29(13-14-30)18-24-27-16-23(33-24)26(3,4)5/h7-10,15-16H,6,11-14,17-18H2,1-5H3. The van der Waals surface area contributed by atoms with E-state index in [-0.39, 0.29) is 11.3 Å². The number of benzene rings is 1. The van der Waals surface area contributed by atoms with Crippen molar-refractivity contribution < 1.29 is 9.21 Å². The van der Waals surface area contributed by atoms with E-state index >= 15 is 0 Å². The second-order valence-corrected chi connectivity index (χ2v) is 10.1. The zero-order valence-corrected chi connectivity index (χ0v) is 20.5. The summed E-state index contributed by atoms with van der Waals surface area (Å²) < 4.78 is 7.95. The molecule has 2 aromatic heterocycles. The molecule has 0 unspecified atom stereocenters. The van der Waals surface area contributed by atoms with E-state index in [1.165, 1.54) is 0 Å². The monoisotopic (exact) mass is 449 g/mol. The van der Waals surface area contributed by atoms with E-state index in [2.05, 4.69) is 48.7 Å². The van der Waals surface area contributed by atoms with Crippen LogP contribution >= 0.6 is 0 Å². The second kappa shape index (κ2) is 9.51. The van der Waals surface area contributed by atoms with Gasteiger partial charge in [0.2, 0.25) is 5.89 Å². The van der Waals surface area contributed by atoms with Gasteiger partial charge < -0.3 is 9.32 Å². The topological polar surface area (TPSA) is 67.4 Å². The zero-order chi connectivity index (χ0) is 23.6. The molecular weight excluding hydrogens is 414 g/mol. The fourth-order valence-corrected chi connectivity index (χ4v) is 4.20. The van der Waals surface area contributed by atoms with Gasteiger partial charge >= 0.3 is 0 Å². The van der Waals surface area contributed by atoms with E-state index in [0.29, 0.717) is 19.6 Å². The molecule has 1 fully saturated rings. The minimum atomic E-state index is -0.0427. The van der Waals surface area contributed by atoms with Crippen molar-refractivity contribution in [2.75, 3.05) is 26.2 Å². The predicted octanol–water partition coefficient (Wildman–Crippen LogP) is 4.18. The van der Waals surface area contributed by atoms with Crippen molar-refractivity contribution >= 4 is 5.91 Å². The van der Waals surface area contributed by atoms with Crippen molar-refractivity contribution in [2.45, 2.75) is 59.5 Å². The van der Waals surface area contributed by atoms with Crippen LogP contribution < -0.4 is 0 Å². The van der Waals surface area contributed by atoms with Gasteiger partial charge in [0.05, 0.1) is 25.0 Å². The van der Waals surface area contributed by atoms with E-state index in [0.717, 1.165) is 60.2 Å². The first kappa shape index (κ1) is 23.2. The van der Waals surface area contributed by atoms with Gasteiger partial charge in [-0.25, -0.2) is 4.98 Å². The van der Waals surface area contributed by atoms with Crippen LogP contribution in [-0.2, 0) is 18.5 Å². The molecule has 3 aromatic rings. The normalized spacial score (nSPS) is 15.6. The van der Waals surface area contributed by atoms with Crippen molar-refractivity contribution in [3.05, 3.63) is 70.7 Å². The molecule has 1 amide bonds. The van der Waals surface area contributed by atoms with Crippen molar-refractivity contribution in [2.24, 2.45) is 0 Å². The number of carbonyl (C=O) groups excluding carboxylic acids is 1. The Balaban J connectivity index is 1.33. The highest BCUT2D eigenvalue weighted by Gasteiger charge is 2.23. The molecule has 0 radical (unpaired) electrons. The van der Waals surface area contributed by atoms with Crippen LogP contribution in [0.4, 0.5) is 0 Å². The molecule has 0 bridgehead atoms. The van der Waals surface area contributed by atoms with E-state index < -0.39 is 0 Å². The third-order valence-electron chi connectivity index (χ3n) is 6.16. The quantitative estimate of drug-likeness (QED) is 0.585. The molecule has 0 saturated carbocycles. The Labute approximate surface area is 196 Å². The molecule has 1 aliphatic rings. The van der Waals surface area contributed by atoms with Crippen LogP contribution in [0.5, 0.6) is 0 Å². The van der Waals surface area contributed by atoms with E-state index in [1.54, 1.807) is 0 Å². The number of amides is 1. The van der Waals surface area contributed by atoms with Crippen LogP contribution in [0.2, 0.25) is 0 Å². The van der Waals surface area contributed by atoms with Gasteiger partial charge in [-0.1, -0.05) is 32.9 Å². The van der Waals surface area contributed by atoms with Crippen LogP contribution in [0, 0.1) is 13.8 Å². The van der Waals surface area contributed by atoms with Gasteiger partial charge in [-0.15, -0.1) is 0 Å². The summed E-state index contributed by atoms with van der Waals surface area (Å²) in [4.78, 5) is 21.9. The van der Waals surface area contributed by atoms with E-state index in [1.807, 2.05) is 47.0 Å². The molecule has 0 spiro atoms. The Kier molecular flexibility index (Phi) is 6.70. The molecule has 0 aliphatic carbocycles. The lowest BCUT2D eigenvalue weighted by Gasteiger charge is -2.21. The van der Waals surface area contributed by atoms with Gasteiger partial charge in [-0.3, -0.25) is 14.4 Å². The summed E-state index contributed by atoms with van der Waals surface area (Å²) in [5.74, 6) is 1.75. The van der Waals surface area contributed by atoms with Crippen LogP contribution in [0.3, 0.4) is 0 Å². The smallest absolute Gasteiger partial charge is 0.253 e. The molecule has 0 atom stereocenters. The summed E-state index contributed by atoms with van der Waals surface area (Å²) in [7, 11) is 0. The Morgan fingerprint density at radius 2 is 1.79 bits per heavy atom. The minimum Gasteiger partial charge on any atom is -0.444 e. The van der Waals surface area contributed by atoms with Gasteiger partial charge in [0.25, 0.3) is 5.91 Å². The SMILES string of the molecule is Cc1cc(C)n(Cc2ccc(C(=O)N3CCCN(Cc4ncc(C(C)(C)C)o4)CC3)cc2)n1. The van der Waals surface area contributed by atoms with Gasteiger partial charge in [0, 0.05) is 42.9 Å². The second-order valence-electron chi connectivity index (χ2n) is 10.1. The highest BCUT2D eigenvalue weighted by molar-refractivity contribution is 5.94. The van der Waals surface area contributed by atoms with Crippen LogP contribution in [0.25, 0.3) is 0 Å². The Morgan fingerprint density at radius 3 is 2.42 bits per heavy atom. The maximum absolute atomic E-state index is 13.1. The summed E-state index contributed by atoms with van der Waals surface area (Å²) in [6, 6.07) is 10.0. The number of aromatic nitrogens is 3. The maximum Gasteiger partial charge on any atom is 0.253 e. The number of oxazole rings is 1. The lowest BCUT2D eigenvalue weighted by molar-refractivity contribution is 0.0760. The highest BCUT2D eigenvalue weighted by atomic mass is 16.4. The molecule has 33 heavy (non-hydrogen) atoms. The first-order valence-corrected chi connectivity index (χ1v) is 11.8. The molecule has 7 heteroatoms. The van der Waals surface area contributed by atoms with Gasteiger partial charge in [0.15, 0.2) is 0 Å². The van der Waals surface area contributed by atoms with E-state index in [4.69, 9.17) is 4.42 Å². The Hall–Kier alpha value is -2.93. The lowest BCUT2D eigenvalue weighted by Crippen LogP contribution is -2.35. The van der Waals surface area contributed by atoms with Crippen LogP contribution in [0.15, 0.2) is 40.9 Å². The molecule has 4 rings (SSSR count).